The van der Waals surface area contributed by atoms with Crippen molar-refractivity contribution in [2.45, 2.75) is 38.6 Å². The number of nitrogens with zero attached hydrogens (tertiary/aromatic N) is 2. The predicted octanol–water partition coefficient (Wildman–Crippen LogP) is 2.42. The van der Waals surface area contributed by atoms with E-state index in [0.29, 0.717) is 10.7 Å². The van der Waals surface area contributed by atoms with Gasteiger partial charge in [-0.3, -0.25) is 9.63 Å². The Morgan fingerprint density at radius 1 is 1.28 bits per heavy atom. The van der Waals surface area contributed by atoms with Crippen molar-refractivity contribution in [3.05, 3.63) is 23.9 Å². The van der Waals surface area contributed by atoms with Gasteiger partial charge in [0, 0.05) is 12.7 Å². The minimum absolute atomic E-state index is 0.00852. The second-order valence-corrected chi connectivity index (χ2v) is 7.81. The van der Waals surface area contributed by atoms with Crippen molar-refractivity contribution in [1.29, 1.82) is 0 Å². The first-order valence-corrected chi connectivity index (χ1v) is 8.81. The normalized spacial score (nSPS) is 13.1. The van der Waals surface area contributed by atoms with Gasteiger partial charge < -0.3 is 5.32 Å². The van der Waals surface area contributed by atoms with Gasteiger partial charge in [0.1, 0.15) is 5.82 Å². The summed E-state index contributed by atoms with van der Waals surface area (Å²) in [5.41, 5.74) is -0.981. The summed E-state index contributed by atoms with van der Waals surface area (Å²) < 4.78 is 61.4. The van der Waals surface area contributed by atoms with Crippen LogP contribution < -0.4 is 5.32 Å². The van der Waals surface area contributed by atoms with E-state index in [-0.39, 0.29) is 19.0 Å². The van der Waals surface area contributed by atoms with Crippen LogP contribution in [-0.2, 0) is 25.8 Å². The number of carbonyl (C=O) groups is 1. The standard InChI is InChI=1S/C14H20F3N3O4S/c1-5-20(24-6-2)25(22,23)13(3,4)12(21)19-11-8-7-10(9-18-11)14(15,16)17/h7-9H,5-6H2,1-4H3,(H,18,19,21). The molecule has 0 aromatic carbocycles. The van der Waals surface area contributed by atoms with Gasteiger partial charge in [0.2, 0.25) is 15.9 Å². The van der Waals surface area contributed by atoms with E-state index in [2.05, 4.69) is 10.3 Å². The van der Waals surface area contributed by atoms with Gasteiger partial charge in [0.15, 0.2) is 4.75 Å². The summed E-state index contributed by atoms with van der Waals surface area (Å²) in [6.45, 7) is 5.56. The monoisotopic (exact) mass is 383 g/mol. The van der Waals surface area contributed by atoms with Gasteiger partial charge in [-0.1, -0.05) is 4.47 Å². The number of carbonyl (C=O) groups excluding carboxylic acids is 1. The molecule has 0 aliphatic heterocycles. The van der Waals surface area contributed by atoms with Crippen LogP contribution in [0.15, 0.2) is 18.3 Å². The molecule has 1 amide bonds. The van der Waals surface area contributed by atoms with Crippen LogP contribution in [0.4, 0.5) is 19.0 Å². The lowest BCUT2D eigenvalue weighted by molar-refractivity contribution is -0.137. The van der Waals surface area contributed by atoms with Crippen molar-refractivity contribution in [3.8, 4) is 0 Å². The largest absolute Gasteiger partial charge is 0.417 e. The maximum atomic E-state index is 12.6. The molecule has 1 rings (SSSR count). The third-order valence-electron chi connectivity index (χ3n) is 3.32. The van der Waals surface area contributed by atoms with Gasteiger partial charge in [-0.25, -0.2) is 13.4 Å². The molecule has 1 N–H and O–H groups in total. The number of rotatable bonds is 7. The number of nitrogens with one attached hydrogen (secondary N) is 1. The highest BCUT2D eigenvalue weighted by Crippen LogP contribution is 2.29. The third-order valence-corrected chi connectivity index (χ3v) is 5.70. The summed E-state index contributed by atoms with van der Waals surface area (Å²) in [6, 6.07) is 1.69. The van der Waals surface area contributed by atoms with E-state index in [0.717, 1.165) is 12.1 Å². The minimum Gasteiger partial charge on any atom is -0.309 e. The summed E-state index contributed by atoms with van der Waals surface area (Å²) >= 11 is 0. The van der Waals surface area contributed by atoms with Crippen molar-refractivity contribution in [3.63, 3.8) is 0 Å². The molecule has 142 valence electrons. The molecule has 25 heavy (non-hydrogen) atoms. The molecule has 0 atom stereocenters. The predicted molar refractivity (Wildman–Crippen MR) is 84.9 cm³/mol. The summed E-state index contributed by atoms with van der Waals surface area (Å²) in [6.07, 6.45) is -4.01. The molecule has 11 heteroatoms. The smallest absolute Gasteiger partial charge is 0.309 e. The summed E-state index contributed by atoms with van der Waals surface area (Å²) in [4.78, 5) is 20.9. The maximum absolute atomic E-state index is 12.6. The Morgan fingerprint density at radius 3 is 2.28 bits per heavy atom. The van der Waals surface area contributed by atoms with Gasteiger partial charge >= 0.3 is 6.18 Å². The number of anilines is 1. The first-order valence-electron chi connectivity index (χ1n) is 7.37. The van der Waals surface area contributed by atoms with E-state index in [1.165, 1.54) is 13.8 Å². The number of hydroxylamine groups is 1. The van der Waals surface area contributed by atoms with Gasteiger partial charge in [-0.05, 0) is 39.8 Å². The molecule has 0 fully saturated rings. The number of hydrogen-bond acceptors (Lipinski definition) is 5. The fourth-order valence-corrected chi connectivity index (χ4v) is 3.13. The summed E-state index contributed by atoms with van der Waals surface area (Å²) in [5.74, 6) is -1.14. The highest BCUT2D eigenvalue weighted by molar-refractivity contribution is 7.91. The van der Waals surface area contributed by atoms with Crippen molar-refractivity contribution < 1.29 is 31.2 Å². The Hall–Kier alpha value is -1.72. The van der Waals surface area contributed by atoms with Crippen LogP contribution in [0.3, 0.4) is 0 Å². The van der Waals surface area contributed by atoms with Crippen molar-refractivity contribution in [1.82, 2.24) is 9.45 Å². The van der Waals surface area contributed by atoms with Crippen LogP contribution in [-0.4, -0.2) is 41.7 Å². The second kappa shape index (κ2) is 7.67. The number of halogens is 3. The Kier molecular flexibility index (Phi) is 6.54. The first kappa shape index (κ1) is 21.3. The molecule has 1 heterocycles. The average Bonchev–Trinajstić information content (AvgIpc) is 2.51. The highest BCUT2D eigenvalue weighted by Gasteiger charge is 2.46. The summed E-state index contributed by atoms with van der Waals surface area (Å²) in [5, 5.41) is 2.21. The lowest BCUT2D eigenvalue weighted by atomic mass is 10.2. The Balaban J connectivity index is 3.01. The number of sulfonamides is 1. The number of aromatic nitrogens is 1. The van der Waals surface area contributed by atoms with Gasteiger partial charge in [-0.15, -0.1) is 0 Å². The van der Waals surface area contributed by atoms with Crippen LogP contribution in [0.5, 0.6) is 0 Å². The Labute approximate surface area is 144 Å². The van der Waals surface area contributed by atoms with E-state index < -0.39 is 32.4 Å². The SMILES string of the molecule is CCON(CC)S(=O)(=O)C(C)(C)C(=O)Nc1ccc(C(F)(F)F)cn1. The molecule has 7 nitrogen and oxygen atoms in total. The molecule has 1 aromatic rings. The molecule has 1 aromatic heterocycles. The molecule has 0 aliphatic rings. The molecule has 0 radical (unpaired) electrons. The topological polar surface area (TPSA) is 88.6 Å². The van der Waals surface area contributed by atoms with Crippen LogP contribution in [0.1, 0.15) is 33.3 Å². The van der Waals surface area contributed by atoms with E-state index in [1.807, 2.05) is 0 Å². The molecule has 0 saturated carbocycles. The quantitative estimate of drug-likeness (QED) is 0.731. The zero-order valence-electron chi connectivity index (χ0n) is 14.2. The number of alkyl halides is 3. The van der Waals surface area contributed by atoms with Crippen LogP contribution >= 0.6 is 0 Å². The van der Waals surface area contributed by atoms with Gasteiger partial charge in [-0.2, -0.15) is 13.2 Å². The third kappa shape index (κ3) is 4.67. The fourth-order valence-electron chi connectivity index (χ4n) is 1.75. The molecule has 0 unspecified atom stereocenters. The van der Waals surface area contributed by atoms with E-state index >= 15 is 0 Å². The lowest BCUT2D eigenvalue weighted by Crippen LogP contribution is -2.51. The molecular formula is C14H20F3N3O4S. The van der Waals surface area contributed by atoms with E-state index in [4.69, 9.17) is 4.84 Å². The second-order valence-electron chi connectivity index (χ2n) is 5.44. The molecular weight excluding hydrogens is 363 g/mol. The first-order chi connectivity index (χ1) is 11.4. The van der Waals surface area contributed by atoms with Crippen LogP contribution in [0, 0.1) is 0 Å². The Bertz CT molecular complexity index is 703. The van der Waals surface area contributed by atoms with E-state index in [1.54, 1.807) is 13.8 Å². The van der Waals surface area contributed by atoms with Crippen molar-refractivity contribution >= 4 is 21.7 Å². The molecule has 0 bridgehead atoms. The van der Waals surface area contributed by atoms with Crippen LogP contribution in [0.2, 0.25) is 0 Å². The number of amides is 1. The molecule has 0 aliphatic carbocycles. The maximum Gasteiger partial charge on any atom is 0.417 e. The highest BCUT2D eigenvalue weighted by atomic mass is 32.2. The zero-order chi connectivity index (χ0) is 19.5. The zero-order valence-corrected chi connectivity index (χ0v) is 15.0. The average molecular weight is 383 g/mol. The summed E-state index contributed by atoms with van der Waals surface area (Å²) in [7, 11) is -4.17. The van der Waals surface area contributed by atoms with Crippen molar-refractivity contribution in [2.75, 3.05) is 18.5 Å². The lowest BCUT2D eigenvalue weighted by Gasteiger charge is -2.29. The fraction of sp³-hybridized carbons (Fsp3) is 0.571. The molecule has 0 spiro atoms. The van der Waals surface area contributed by atoms with E-state index in [9.17, 15) is 26.4 Å². The Morgan fingerprint density at radius 2 is 1.88 bits per heavy atom. The van der Waals surface area contributed by atoms with Crippen LogP contribution in [0.25, 0.3) is 0 Å². The minimum atomic E-state index is -4.56. The number of hydrogen-bond donors (Lipinski definition) is 1. The van der Waals surface area contributed by atoms with Gasteiger partial charge in [0.25, 0.3) is 0 Å². The molecule has 0 saturated heterocycles. The number of pyridine rings is 1. The van der Waals surface area contributed by atoms with Crippen molar-refractivity contribution in [2.24, 2.45) is 0 Å². The van der Waals surface area contributed by atoms with Gasteiger partial charge in [0.05, 0.1) is 12.2 Å².